The van der Waals surface area contributed by atoms with Crippen molar-refractivity contribution in [2.45, 2.75) is 46.8 Å². The molecule has 1 N–H and O–H groups in total. The summed E-state index contributed by atoms with van der Waals surface area (Å²) in [5.41, 5.74) is 2.45. The lowest BCUT2D eigenvalue weighted by Crippen LogP contribution is -2.33. The van der Waals surface area contributed by atoms with Gasteiger partial charge in [0.2, 0.25) is 0 Å². The molecule has 1 atom stereocenters. The molecule has 5 nitrogen and oxygen atoms in total. The highest BCUT2D eigenvalue weighted by molar-refractivity contribution is 5.50. The van der Waals surface area contributed by atoms with Crippen molar-refractivity contribution in [3.05, 3.63) is 11.3 Å². The van der Waals surface area contributed by atoms with Crippen LogP contribution in [0, 0.1) is 12.8 Å². The third-order valence-corrected chi connectivity index (χ3v) is 3.92. The highest BCUT2D eigenvalue weighted by Gasteiger charge is 2.22. The van der Waals surface area contributed by atoms with E-state index >= 15 is 0 Å². The van der Waals surface area contributed by atoms with E-state index in [1.165, 1.54) is 11.4 Å². The molecule has 21 heavy (non-hydrogen) atoms. The fourth-order valence-corrected chi connectivity index (χ4v) is 2.96. The standard InChI is InChI=1S/C16H30N4O/c1-12(2)9-17-10-15-14(4)18-19(5)16(15)20-7-6-8-21-13(3)11-20/h12-13,17H,6-11H2,1-5H3. The molecule has 1 unspecified atom stereocenters. The number of aryl methyl sites for hydroxylation is 2. The lowest BCUT2D eigenvalue weighted by atomic mass is 10.2. The second kappa shape index (κ2) is 7.27. The van der Waals surface area contributed by atoms with Gasteiger partial charge in [-0.3, -0.25) is 4.68 Å². The normalized spacial score (nSPS) is 20.1. The smallest absolute Gasteiger partial charge is 0.131 e. The van der Waals surface area contributed by atoms with E-state index in [1.807, 2.05) is 11.7 Å². The first-order valence-electron chi connectivity index (χ1n) is 8.08. The lowest BCUT2D eigenvalue weighted by Gasteiger charge is -2.25. The number of ether oxygens (including phenoxy) is 1. The Morgan fingerprint density at radius 1 is 1.43 bits per heavy atom. The molecular weight excluding hydrogens is 264 g/mol. The summed E-state index contributed by atoms with van der Waals surface area (Å²) >= 11 is 0. The van der Waals surface area contributed by atoms with E-state index in [2.05, 4.69) is 43.0 Å². The zero-order valence-electron chi connectivity index (χ0n) is 14.1. The fraction of sp³-hybridized carbons (Fsp3) is 0.812. The van der Waals surface area contributed by atoms with Gasteiger partial charge in [-0.05, 0) is 32.7 Å². The van der Waals surface area contributed by atoms with E-state index in [4.69, 9.17) is 4.74 Å². The quantitative estimate of drug-likeness (QED) is 0.903. The summed E-state index contributed by atoms with van der Waals surface area (Å²) in [7, 11) is 2.05. The van der Waals surface area contributed by atoms with Crippen LogP contribution in [0.4, 0.5) is 5.82 Å². The summed E-state index contributed by atoms with van der Waals surface area (Å²) in [5.74, 6) is 1.91. The lowest BCUT2D eigenvalue weighted by molar-refractivity contribution is 0.0820. The van der Waals surface area contributed by atoms with Crippen LogP contribution >= 0.6 is 0 Å². The monoisotopic (exact) mass is 294 g/mol. The Balaban J connectivity index is 2.16. The van der Waals surface area contributed by atoms with Gasteiger partial charge in [0, 0.05) is 38.9 Å². The summed E-state index contributed by atoms with van der Waals surface area (Å²) in [5, 5.41) is 8.18. The van der Waals surface area contributed by atoms with E-state index in [9.17, 15) is 0 Å². The van der Waals surface area contributed by atoms with Crippen LogP contribution in [0.3, 0.4) is 0 Å². The third-order valence-electron chi connectivity index (χ3n) is 3.92. The fourth-order valence-electron chi connectivity index (χ4n) is 2.96. The average Bonchev–Trinajstić information content (AvgIpc) is 2.57. The van der Waals surface area contributed by atoms with Crippen LogP contribution in [0.5, 0.6) is 0 Å². The second-order valence-corrected chi connectivity index (χ2v) is 6.52. The summed E-state index contributed by atoms with van der Waals surface area (Å²) in [6.07, 6.45) is 1.35. The van der Waals surface area contributed by atoms with Gasteiger partial charge in [0.25, 0.3) is 0 Å². The zero-order valence-corrected chi connectivity index (χ0v) is 14.1. The molecule has 0 spiro atoms. The van der Waals surface area contributed by atoms with Crippen molar-refractivity contribution in [3.63, 3.8) is 0 Å². The molecule has 2 heterocycles. The van der Waals surface area contributed by atoms with Gasteiger partial charge in [-0.1, -0.05) is 13.8 Å². The molecule has 1 aromatic rings. The Morgan fingerprint density at radius 2 is 2.19 bits per heavy atom. The third kappa shape index (κ3) is 4.20. The van der Waals surface area contributed by atoms with E-state index in [0.717, 1.165) is 44.9 Å². The minimum Gasteiger partial charge on any atom is -0.377 e. The first-order valence-corrected chi connectivity index (χ1v) is 8.08. The maximum absolute atomic E-state index is 5.77. The molecule has 2 rings (SSSR count). The Morgan fingerprint density at radius 3 is 2.90 bits per heavy atom. The van der Waals surface area contributed by atoms with E-state index in [1.54, 1.807) is 0 Å². The number of nitrogens with one attached hydrogen (secondary N) is 1. The molecule has 0 saturated carbocycles. The molecule has 1 aromatic heterocycles. The summed E-state index contributed by atoms with van der Waals surface area (Å²) in [6, 6.07) is 0. The maximum atomic E-state index is 5.77. The predicted molar refractivity (Wildman–Crippen MR) is 86.7 cm³/mol. The van der Waals surface area contributed by atoms with Crippen molar-refractivity contribution in [2.75, 3.05) is 31.1 Å². The Bertz CT molecular complexity index is 455. The van der Waals surface area contributed by atoms with E-state index < -0.39 is 0 Å². The van der Waals surface area contributed by atoms with Gasteiger partial charge >= 0.3 is 0 Å². The molecule has 120 valence electrons. The summed E-state index contributed by atoms with van der Waals surface area (Å²) < 4.78 is 7.79. The minimum absolute atomic E-state index is 0.277. The molecule has 1 saturated heterocycles. The van der Waals surface area contributed by atoms with Crippen molar-refractivity contribution in [3.8, 4) is 0 Å². The number of rotatable bonds is 5. The molecule has 0 aromatic carbocycles. The van der Waals surface area contributed by atoms with Gasteiger partial charge in [0.05, 0.1) is 11.8 Å². The van der Waals surface area contributed by atoms with Crippen LogP contribution in [0.2, 0.25) is 0 Å². The molecule has 1 fully saturated rings. The van der Waals surface area contributed by atoms with Crippen LogP contribution in [0.25, 0.3) is 0 Å². The number of hydrogen-bond acceptors (Lipinski definition) is 4. The van der Waals surface area contributed by atoms with E-state index in [0.29, 0.717) is 5.92 Å². The molecular formula is C16H30N4O. The van der Waals surface area contributed by atoms with Crippen molar-refractivity contribution < 1.29 is 4.74 Å². The topological polar surface area (TPSA) is 42.3 Å². The van der Waals surface area contributed by atoms with Crippen LogP contribution in [0.1, 0.15) is 38.4 Å². The largest absolute Gasteiger partial charge is 0.377 e. The molecule has 0 bridgehead atoms. The molecule has 5 heteroatoms. The molecule has 0 amide bonds. The van der Waals surface area contributed by atoms with Crippen LogP contribution < -0.4 is 10.2 Å². The number of hydrogen-bond donors (Lipinski definition) is 1. The predicted octanol–water partition coefficient (Wildman–Crippen LogP) is 2.09. The Labute approximate surface area is 128 Å². The molecule has 0 aliphatic carbocycles. The first-order chi connectivity index (χ1) is 9.99. The number of anilines is 1. The van der Waals surface area contributed by atoms with Gasteiger partial charge in [-0.25, -0.2) is 0 Å². The molecule has 1 aliphatic heterocycles. The van der Waals surface area contributed by atoms with Crippen molar-refractivity contribution in [1.29, 1.82) is 0 Å². The zero-order chi connectivity index (χ0) is 15.4. The van der Waals surface area contributed by atoms with Gasteiger partial charge in [-0.2, -0.15) is 5.10 Å². The van der Waals surface area contributed by atoms with Gasteiger partial charge < -0.3 is 15.0 Å². The molecule has 0 radical (unpaired) electrons. The second-order valence-electron chi connectivity index (χ2n) is 6.52. The van der Waals surface area contributed by atoms with Crippen LogP contribution in [-0.4, -0.2) is 42.1 Å². The number of nitrogens with zero attached hydrogens (tertiary/aromatic N) is 3. The van der Waals surface area contributed by atoms with Crippen molar-refractivity contribution in [1.82, 2.24) is 15.1 Å². The van der Waals surface area contributed by atoms with Gasteiger partial charge in [0.1, 0.15) is 5.82 Å². The highest BCUT2D eigenvalue weighted by Crippen LogP contribution is 2.25. The average molecular weight is 294 g/mol. The van der Waals surface area contributed by atoms with Crippen molar-refractivity contribution in [2.24, 2.45) is 13.0 Å². The highest BCUT2D eigenvalue weighted by atomic mass is 16.5. The maximum Gasteiger partial charge on any atom is 0.131 e. The minimum atomic E-state index is 0.277. The Hall–Kier alpha value is -1.07. The van der Waals surface area contributed by atoms with Crippen LogP contribution in [0.15, 0.2) is 0 Å². The molecule has 1 aliphatic rings. The van der Waals surface area contributed by atoms with Gasteiger partial charge in [0.15, 0.2) is 0 Å². The van der Waals surface area contributed by atoms with Crippen LogP contribution in [-0.2, 0) is 18.3 Å². The first kappa shape index (κ1) is 16.3. The summed E-state index contributed by atoms with van der Waals surface area (Å²) in [6.45, 7) is 13.5. The van der Waals surface area contributed by atoms with E-state index in [-0.39, 0.29) is 6.10 Å². The summed E-state index contributed by atoms with van der Waals surface area (Å²) in [4.78, 5) is 2.43. The SMILES string of the molecule is Cc1nn(C)c(N2CCCOC(C)C2)c1CNCC(C)C. The Kier molecular flexibility index (Phi) is 5.65. The van der Waals surface area contributed by atoms with Crippen molar-refractivity contribution >= 4 is 5.82 Å². The van der Waals surface area contributed by atoms with Gasteiger partial charge in [-0.15, -0.1) is 0 Å². The number of aromatic nitrogens is 2.